The summed E-state index contributed by atoms with van der Waals surface area (Å²) in [5.74, 6) is -1.10. The van der Waals surface area contributed by atoms with Gasteiger partial charge >= 0.3 is 12.1 Å². The third kappa shape index (κ3) is 2.48. The fourth-order valence-electron chi connectivity index (χ4n) is 1.56. The molecule has 1 atom stereocenters. The second-order valence-electron chi connectivity index (χ2n) is 3.79. The molecule has 1 aliphatic rings. The molecule has 1 aromatic rings. The highest BCUT2D eigenvalue weighted by Crippen LogP contribution is 2.29. The SMILES string of the molecule is Cc1cc(Cl)cc(C2=NC(C(F)(F)F)OC2=O)c1. The second kappa shape index (κ2) is 4.28. The van der Waals surface area contributed by atoms with Crippen LogP contribution >= 0.6 is 11.6 Å². The van der Waals surface area contributed by atoms with Crippen molar-refractivity contribution < 1.29 is 22.7 Å². The van der Waals surface area contributed by atoms with Gasteiger partial charge in [-0.1, -0.05) is 11.6 Å². The van der Waals surface area contributed by atoms with E-state index in [0.29, 0.717) is 10.6 Å². The van der Waals surface area contributed by atoms with E-state index in [9.17, 15) is 18.0 Å². The van der Waals surface area contributed by atoms with Crippen molar-refractivity contribution in [2.75, 3.05) is 0 Å². The lowest BCUT2D eigenvalue weighted by molar-refractivity contribution is -0.210. The normalized spacial score (nSPS) is 19.7. The highest BCUT2D eigenvalue weighted by molar-refractivity contribution is 6.44. The lowest BCUT2D eigenvalue weighted by Gasteiger charge is -2.09. The Bertz CT molecular complexity index is 519. The molecule has 0 fully saturated rings. The lowest BCUT2D eigenvalue weighted by atomic mass is 10.1. The fourth-order valence-corrected chi connectivity index (χ4v) is 1.85. The molecule has 1 aliphatic heterocycles. The van der Waals surface area contributed by atoms with Gasteiger partial charge in [0.25, 0.3) is 6.23 Å². The summed E-state index contributed by atoms with van der Waals surface area (Å²) in [4.78, 5) is 14.6. The Labute approximate surface area is 105 Å². The molecule has 0 spiro atoms. The van der Waals surface area contributed by atoms with Gasteiger partial charge in [-0.2, -0.15) is 13.2 Å². The molecular weight excluding hydrogens is 271 g/mol. The molecule has 0 aliphatic carbocycles. The Balaban J connectivity index is 2.41. The van der Waals surface area contributed by atoms with E-state index in [1.807, 2.05) is 0 Å². The minimum absolute atomic E-state index is 0.219. The summed E-state index contributed by atoms with van der Waals surface area (Å²) in [6.07, 6.45) is -7.13. The van der Waals surface area contributed by atoms with Gasteiger partial charge in [0.15, 0.2) is 5.71 Å². The molecule has 1 aromatic carbocycles. The maximum atomic E-state index is 12.4. The average Bonchev–Trinajstić information content (AvgIpc) is 2.58. The number of esters is 1. The zero-order valence-corrected chi connectivity index (χ0v) is 9.84. The quantitative estimate of drug-likeness (QED) is 0.740. The van der Waals surface area contributed by atoms with E-state index in [1.165, 1.54) is 12.1 Å². The van der Waals surface area contributed by atoms with Crippen molar-refractivity contribution in [3.63, 3.8) is 0 Å². The molecule has 0 saturated heterocycles. The molecule has 96 valence electrons. The van der Waals surface area contributed by atoms with E-state index in [4.69, 9.17) is 11.6 Å². The number of halogens is 4. The van der Waals surface area contributed by atoms with Gasteiger partial charge in [0, 0.05) is 10.6 Å². The van der Waals surface area contributed by atoms with Crippen molar-refractivity contribution in [2.24, 2.45) is 4.99 Å². The molecule has 2 rings (SSSR count). The van der Waals surface area contributed by atoms with Crippen LogP contribution in [0.5, 0.6) is 0 Å². The summed E-state index contributed by atoms with van der Waals surface area (Å²) in [5, 5.41) is 0.316. The zero-order chi connectivity index (χ0) is 13.5. The molecule has 0 bridgehead atoms. The topological polar surface area (TPSA) is 38.7 Å². The predicted molar refractivity (Wildman–Crippen MR) is 58.7 cm³/mol. The first-order valence-electron chi connectivity index (χ1n) is 4.90. The molecule has 7 heteroatoms. The molecular formula is C11H7ClF3NO2. The van der Waals surface area contributed by atoms with E-state index >= 15 is 0 Å². The number of hydrogen-bond acceptors (Lipinski definition) is 3. The average molecular weight is 278 g/mol. The number of alkyl halides is 3. The Hall–Kier alpha value is -1.56. The Morgan fingerprint density at radius 1 is 1.33 bits per heavy atom. The van der Waals surface area contributed by atoms with Crippen LogP contribution in [-0.2, 0) is 9.53 Å². The molecule has 0 saturated carbocycles. The number of carbonyl (C=O) groups is 1. The number of ether oxygens (including phenoxy) is 1. The summed E-state index contributed by atoms with van der Waals surface area (Å²) in [5.41, 5.74) is 0.572. The van der Waals surface area contributed by atoms with Crippen LogP contribution in [0.1, 0.15) is 11.1 Å². The van der Waals surface area contributed by atoms with Gasteiger partial charge in [0.05, 0.1) is 0 Å². The van der Waals surface area contributed by atoms with Gasteiger partial charge in [-0.15, -0.1) is 0 Å². The van der Waals surface area contributed by atoms with Crippen LogP contribution in [-0.4, -0.2) is 24.1 Å². The third-order valence-electron chi connectivity index (χ3n) is 2.25. The number of nitrogens with zero attached hydrogens (tertiary/aromatic N) is 1. The molecule has 0 radical (unpaired) electrons. The predicted octanol–water partition coefficient (Wildman–Crippen LogP) is 2.88. The van der Waals surface area contributed by atoms with Gasteiger partial charge in [0.2, 0.25) is 0 Å². The summed E-state index contributed by atoms with van der Waals surface area (Å²) in [6, 6.07) is 4.51. The van der Waals surface area contributed by atoms with Crippen molar-refractivity contribution in [1.82, 2.24) is 0 Å². The first-order chi connectivity index (χ1) is 8.27. The smallest absolute Gasteiger partial charge is 0.425 e. The van der Waals surface area contributed by atoms with Crippen LogP contribution in [0.2, 0.25) is 5.02 Å². The number of aryl methyl sites for hydroxylation is 1. The summed E-state index contributed by atoms with van der Waals surface area (Å²) in [7, 11) is 0. The Kier molecular flexibility index (Phi) is 3.06. The molecule has 0 aromatic heterocycles. The number of carbonyl (C=O) groups excluding carboxylic acids is 1. The van der Waals surface area contributed by atoms with Gasteiger partial charge in [0.1, 0.15) is 0 Å². The zero-order valence-electron chi connectivity index (χ0n) is 9.08. The maximum Gasteiger partial charge on any atom is 0.447 e. The standard InChI is InChI=1S/C11H7ClF3NO2/c1-5-2-6(4-7(12)3-5)8-9(17)18-10(16-8)11(13,14)15/h2-4,10H,1H3. The minimum atomic E-state index is -4.70. The Morgan fingerprint density at radius 3 is 2.50 bits per heavy atom. The van der Waals surface area contributed by atoms with Crippen LogP contribution < -0.4 is 0 Å². The second-order valence-corrected chi connectivity index (χ2v) is 4.23. The number of benzene rings is 1. The van der Waals surface area contributed by atoms with Crippen molar-refractivity contribution in [3.8, 4) is 0 Å². The number of cyclic esters (lactones) is 1. The highest BCUT2D eigenvalue weighted by atomic mass is 35.5. The minimum Gasteiger partial charge on any atom is -0.425 e. The Morgan fingerprint density at radius 2 is 2.00 bits per heavy atom. The third-order valence-corrected chi connectivity index (χ3v) is 2.47. The molecule has 18 heavy (non-hydrogen) atoms. The number of hydrogen-bond donors (Lipinski definition) is 0. The van der Waals surface area contributed by atoms with Gasteiger partial charge in [-0.05, 0) is 30.7 Å². The van der Waals surface area contributed by atoms with E-state index in [1.54, 1.807) is 13.0 Å². The maximum absolute atomic E-state index is 12.4. The summed E-state index contributed by atoms with van der Waals surface area (Å²) < 4.78 is 41.3. The van der Waals surface area contributed by atoms with Crippen LogP contribution in [0.15, 0.2) is 23.2 Å². The van der Waals surface area contributed by atoms with Crippen LogP contribution in [0, 0.1) is 6.92 Å². The van der Waals surface area contributed by atoms with Crippen LogP contribution in [0.3, 0.4) is 0 Å². The van der Waals surface area contributed by atoms with Crippen molar-refractivity contribution in [3.05, 3.63) is 34.3 Å². The number of rotatable bonds is 1. The van der Waals surface area contributed by atoms with E-state index in [-0.39, 0.29) is 11.3 Å². The van der Waals surface area contributed by atoms with Gasteiger partial charge < -0.3 is 4.74 Å². The molecule has 1 heterocycles. The largest absolute Gasteiger partial charge is 0.447 e. The van der Waals surface area contributed by atoms with Crippen molar-refractivity contribution in [2.45, 2.75) is 19.3 Å². The summed E-state index contributed by atoms with van der Waals surface area (Å²) >= 11 is 5.77. The highest BCUT2D eigenvalue weighted by Gasteiger charge is 2.47. The first kappa shape index (κ1) is 12.9. The fraction of sp³-hybridized carbons (Fsp3) is 0.273. The lowest BCUT2D eigenvalue weighted by Crippen LogP contribution is -2.27. The first-order valence-corrected chi connectivity index (χ1v) is 5.28. The van der Waals surface area contributed by atoms with Crippen molar-refractivity contribution in [1.29, 1.82) is 0 Å². The summed E-state index contributed by atoms with van der Waals surface area (Å²) in [6.45, 7) is 1.71. The molecule has 1 unspecified atom stereocenters. The van der Waals surface area contributed by atoms with E-state index in [2.05, 4.69) is 9.73 Å². The monoisotopic (exact) mass is 277 g/mol. The van der Waals surface area contributed by atoms with Crippen LogP contribution in [0.4, 0.5) is 13.2 Å². The van der Waals surface area contributed by atoms with Crippen LogP contribution in [0.25, 0.3) is 0 Å². The molecule has 0 amide bonds. The van der Waals surface area contributed by atoms with Gasteiger partial charge in [-0.3, -0.25) is 0 Å². The van der Waals surface area contributed by atoms with Gasteiger partial charge in [-0.25, -0.2) is 9.79 Å². The van der Waals surface area contributed by atoms with E-state index < -0.39 is 18.4 Å². The van der Waals surface area contributed by atoms with Crippen molar-refractivity contribution >= 4 is 23.3 Å². The number of aliphatic imine (C=N–C) groups is 1. The molecule has 3 nitrogen and oxygen atoms in total. The van der Waals surface area contributed by atoms with E-state index in [0.717, 1.165) is 0 Å². The molecule has 0 N–H and O–H groups in total.